The van der Waals surface area contributed by atoms with Crippen molar-refractivity contribution in [2.45, 2.75) is 90.3 Å². The molecule has 1 aliphatic carbocycles. The summed E-state index contributed by atoms with van der Waals surface area (Å²) in [6, 6.07) is 4.83. The molecule has 0 bridgehead atoms. The first-order valence-electron chi connectivity index (χ1n) is 13.5. The predicted octanol–water partition coefficient (Wildman–Crippen LogP) is 5.04. The molecule has 12 heteroatoms. The molecule has 9 nitrogen and oxygen atoms in total. The van der Waals surface area contributed by atoms with Crippen LogP contribution in [0, 0.1) is 11.8 Å². The molecule has 0 aromatic heterocycles. The summed E-state index contributed by atoms with van der Waals surface area (Å²) in [6.07, 6.45) is 4.15. The van der Waals surface area contributed by atoms with E-state index in [1.807, 2.05) is 0 Å². The van der Waals surface area contributed by atoms with Gasteiger partial charge in [0.25, 0.3) is 0 Å². The molecule has 1 aromatic carbocycles. The minimum absolute atomic E-state index is 0.0131. The first-order chi connectivity index (χ1) is 18.8. The minimum Gasteiger partial charge on any atom is -0.493 e. The lowest BCUT2D eigenvalue weighted by molar-refractivity contribution is -0.192. The van der Waals surface area contributed by atoms with E-state index in [1.54, 1.807) is 32.4 Å². The number of methoxy groups -OCH3 is 2. The number of guanidine groups is 1. The number of hydrogen-bond donors (Lipinski definition) is 3. The Morgan fingerprint density at radius 2 is 1.65 bits per heavy atom. The summed E-state index contributed by atoms with van der Waals surface area (Å²) in [5, 5.41) is 9.79. The Bertz CT molecular complexity index is 990. The molecular formula is C28H42F3N3O6. The van der Waals surface area contributed by atoms with E-state index in [-0.39, 0.29) is 24.1 Å². The molecule has 0 aliphatic heterocycles. The maximum atomic E-state index is 13.1. The van der Waals surface area contributed by atoms with Crippen LogP contribution in [0.4, 0.5) is 13.2 Å². The topological polar surface area (TPSA) is 140 Å². The van der Waals surface area contributed by atoms with E-state index >= 15 is 0 Å². The van der Waals surface area contributed by atoms with Crippen LogP contribution in [0.15, 0.2) is 23.2 Å². The molecule has 0 radical (unpaired) electrons. The lowest BCUT2D eigenvalue weighted by Gasteiger charge is -2.25. The highest BCUT2D eigenvalue weighted by Gasteiger charge is 2.38. The molecule has 0 saturated heterocycles. The van der Waals surface area contributed by atoms with Gasteiger partial charge in [-0.05, 0) is 36.0 Å². The number of aliphatic imine (C=N–C) groups is 1. The summed E-state index contributed by atoms with van der Waals surface area (Å²) in [4.78, 5) is 39.0. The van der Waals surface area contributed by atoms with E-state index in [0.717, 1.165) is 31.2 Å². The zero-order valence-corrected chi connectivity index (χ0v) is 23.7. The molecule has 4 N–H and O–H groups in total. The van der Waals surface area contributed by atoms with Crippen molar-refractivity contribution in [2.75, 3.05) is 14.2 Å². The zero-order valence-electron chi connectivity index (χ0n) is 23.7. The van der Waals surface area contributed by atoms with E-state index in [0.29, 0.717) is 36.2 Å². The minimum atomic E-state index is -5.08. The Labute approximate surface area is 233 Å². The largest absolute Gasteiger partial charge is 0.493 e. The third-order valence-corrected chi connectivity index (χ3v) is 6.92. The van der Waals surface area contributed by atoms with Gasteiger partial charge in [0.05, 0.1) is 20.6 Å². The molecule has 40 heavy (non-hydrogen) atoms. The molecule has 0 heterocycles. The van der Waals surface area contributed by atoms with Crippen LogP contribution in [0.25, 0.3) is 0 Å². The van der Waals surface area contributed by atoms with Gasteiger partial charge in [-0.25, -0.2) is 9.79 Å². The van der Waals surface area contributed by atoms with Crippen LogP contribution in [0.3, 0.4) is 0 Å². The lowest BCUT2D eigenvalue weighted by Crippen LogP contribution is -2.40. The van der Waals surface area contributed by atoms with E-state index in [1.165, 1.54) is 19.3 Å². The second-order valence-corrected chi connectivity index (χ2v) is 9.84. The predicted molar refractivity (Wildman–Crippen MR) is 145 cm³/mol. The normalized spacial score (nSPS) is 15.1. The number of nitrogens with one attached hydrogen (secondary N) is 1. The Hall–Kier alpha value is -3.31. The Morgan fingerprint density at radius 3 is 2.15 bits per heavy atom. The first kappa shape index (κ1) is 34.7. The number of ether oxygens (including phenoxy) is 2. The number of carbonyl (C=O) groups is 3. The summed E-state index contributed by atoms with van der Waals surface area (Å²) >= 11 is 0. The number of halogens is 3. The van der Waals surface area contributed by atoms with E-state index < -0.39 is 18.2 Å². The highest BCUT2D eigenvalue weighted by atomic mass is 19.4. The fraction of sp³-hybridized carbons (Fsp3) is 0.643. The van der Waals surface area contributed by atoms with Gasteiger partial charge in [0, 0.05) is 6.42 Å². The van der Waals surface area contributed by atoms with Crippen LogP contribution in [0.2, 0.25) is 0 Å². The number of aliphatic carboxylic acids is 1. The number of carboxylic acid groups (broad SMARTS) is 1. The number of nitrogens with two attached hydrogens (primary N) is 1. The number of ketones is 1. The number of alkyl halides is 3. The highest BCUT2D eigenvalue weighted by Crippen LogP contribution is 2.30. The van der Waals surface area contributed by atoms with Crippen molar-refractivity contribution in [1.82, 2.24) is 5.32 Å². The SMILES string of the molecule is CCC(CC)CC(=O)[C@@H](CC1CCCCC1)N=C(N)NC(=O)Cc1ccc(OC)c(OC)c1.O=C(O)C(F)(F)F. The van der Waals surface area contributed by atoms with Gasteiger partial charge in [-0.1, -0.05) is 64.9 Å². The molecule has 1 fully saturated rings. The molecule has 1 saturated carbocycles. The monoisotopic (exact) mass is 573 g/mol. The number of hydrogen-bond acceptors (Lipinski definition) is 6. The summed E-state index contributed by atoms with van der Waals surface area (Å²) in [5.74, 6) is -0.880. The second-order valence-electron chi connectivity index (χ2n) is 9.84. The lowest BCUT2D eigenvalue weighted by atomic mass is 9.83. The van der Waals surface area contributed by atoms with Crippen molar-refractivity contribution in [3.63, 3.8) is 0 Å². The maximum Gasteiger partial charge on any atom is 0.490 e. The molecule has 0 spiro atoms. The van der Waals surface area contributed by atoms with Crippen LogP contribution in [0.5, 0.6) is 11.5 Å². The zero-order chi connectivity index (χ0) is 30.3. The molecule has 1 atom stereocenters. The van der Waals surface area contributed by atoms with Crippen molar-refractivity contribution in [2.24, 2.45) is 22.6 Å². The van der Waals surface area contributed by atoms with Gasteiger partial charge in [0.2, 0.25) is 5.91 Å². The Balaban J connectivity index is 0.00000101. The molecule has 1 aromatic rings. The third-order valence-electron chi connectivity index (χ3n) is 6.92. The van der Waals surface area contributed by atoms with Gasteiger partial charge in [-0.2, -0.15) is 13.2 Å². The smallest absolute Gasteiger partial charge is 0.490 e. The maximum absolute atomic E-state index is 13.1. The van der Waals surface area contributed by atoms with Crippen molar-refractivity contribution in [3.05, 3.63) is 23.8 Å². The van der Waals surface area contributed by atoms with Gasteiger partial charge >= 0.3 is 12.1 Å². The van der Waals surface area contributed by atoms with E-state index in [4.69, 9.17) is 25.1 Å². The van der Waals surface area contributed by atoms with Gasteiger partial charge in [-0.3, -0.25) is 14.9 Å². The summed E-state index contributed by atoms with van der Waals surface area (Å²) in [5.41, 5.74) is 6.86. The van der Waals surface area contributed by atoms with Crippen molar-refractivity contribution in [1.29, 1.82) is 0 Å². The number of nitrogens with zero attached hydrogens (tertiary/aromatic N) is 1. The van der Waals surface area contributed by atoms with Crippen LogP contribution in [-0.4, -0.2) is 55.2 Å². The fourth-order valence-corrected chi connectivity index (χ4v) is 4.56. The van der Waals surface area contributed by atoms with Crippen molar-refractivity contribution in [3.8, 4) is 11.5 Å². The average molecular weight is 574 g/mol. The molecule has 1 aliphatic rings. The van der Waals surface area contributed by atoms with Gasteiger partial charge in [0.15, 0.2) is 23.2 Å². The van der Waals surface area contributed by atoms with Crippen LogP contribution in [-0.2, 0) is 20.8 Å². The van der Waals surface area contributed by atoms with Crippen molar-refractivity contribution < 1.29 is 42.1 Å². The van der Waals surface area contributed by atoms with Gasteiger partial charge in [-0.15, -0.1) is 0 Å². The summed E-state index contributed by atoms with van der Waals surface area (Å²) in [6.45, 7) is 4.23. The Morgan fingerprint density at radius 1 is 1.07 bits per heavy atom. The number of rotatable bonds is 12. The van der Waals surface area contributed by atoms with Crippen LogP contribution >= 0.6 is 0 Å². The van der Waals surface area contributed by atoms with E-state index in [9.17, 15) is 22.8 Å². The molecule has 2 rings (SSSR count). The van der Waals surface area contributed by atoms with E-state index in [2.05, 4.69) is 24.2 Å². The van der Waals surface area contributed by atoms with Gasteiger partial charge < -0.3 is 20.3 Å². The summed E-state index contributed by atoms with van der Waals surface area (Å²) in [7, 11) is 3.12. The fourth-order valence-electron chi connectivity index (χ4n) is 4.56. The number of amides is 1. The number of carbonyl (C=O) groups excluding carboxylic acids is 2. The first-order valence-corrected chi connectivity index (χ1v) is 13.5. The molecular weight excluding hydrogens is 531 g/mol. The number of carboxylic acids is 1. The number of benzene rings is 1. The van der Waals surface area contributed by atoms with Crippen molar-refractivity contribution >= 4 is 23.6 Å². The standard InChI is InChI=1S/C26H41N3O4.C2HF3O2/c1-5-18(6-2)15-22(30)21(14-19-10-8-7-9-11-19)28-26(27)29-25(31)17-20-12-13-23(32-3)24(16-20)33-4;3-2(4,5)1(6)7/h12-13,16,18-19,21H,5-11,14-15,17H2,1-4H3,(H3,27,28,29,31);(H,6,7)/t21-;/m1./s1. The highest BCUT2D eigenvalue weighted by molar-refractivity contribution is 5.98. The average Bonchev–Trinajstić information content (AvgIpc) is 2.91. The quantitative estimate of drug-likeness (QED) is 0.235. The Kier molecular flexibility index (Phi) is 15.1. The second kappa shape index (κ2) is 17.4. The molecule has 1 amide bonds. The van der Waals surface area contributed by atoms with Crippen LogP contribution in [0.1, 0.15) is 77.2 Å². The summed E-state index contributed by atoms with van der Waals surface area (Å²) < 4.78 is 42.3. The molecule has 0 unspecified atom stereocenters. The van der Waals surface area contributed by atoms with Crippen LogP contribution < -0.4 is 20.5 Å². The molecule has 226 valence electrons. The van der Waals surface area contributed by atoms with Gasteiger partial charge in [0.1, 0.15) is 6.04 Å². The number of Topliss-reactive ketones (excluding diaryl/α,β-unsaturated/α-hetero) is 1. The third kappa shape index (κ3) is 12.7.